The molecular weight excluding hydrogens is 260 g/mol. The molecule has 4 heteroatoms. The number of ether oxygens (including phenoxy) is 1. The fourth-order valence-electron chi connectivity index (χ4n) is 2.22. The molecule has 0 amide bonds. The highest BCUT2D eigenvalue weighted by Gasteiger charge is 2.29. The van der Waals surface area contributed by atoms with Gasteiger partial charge in [-0.1, -0.05) is 30.3 Å². The summed E-state index contributed by atoms with van der Waals surface area (Å²) in [4.78, 5) is 24.8. The van der Waals surface area contributed by atoms with Crippen LogP contribution in [0.25, 0.3) is 10.4 Å². The quantitative estimate of drug-likeness (QED) is 0.622. The number of carbonyl (C=O) groups is 2. The SMILES string of the molecule is O=C1CC(c2ccc(-c3ccccc3)s2)CC(=O)O1. The first-order valence-electron chi connectivity index (χ1n) is 6.11. The molecule has 19 heavy (non-hydrogen) atoms. The van der Waals surface area contributed by atoms with Gasteiger partial charge in [-0.2, -0.15) is 0 Å². The highest BCUT2D eigenvalue weighted by molar-refractivity contribution is 7.15. The number of thiophene rings is 1. The van der Waals surface area contributed by atoms with E-state index in [1.54, 1.807) is 11.3 Å². The summed E-state index contributed by atoms with van der Waals surface area (Å²) in [5, 5.41) is 0. The summed E-state index contributed by atoms with van der Waals surface area (Å²) in [5.74, 6) is -0.872. The van der Waals surface area contributed by atoms with Crippen molar-refractivity contribution < 1.29 is 14.3 Å². The molecule has 1 aromatic heterocycles. The Labute approximate surface area is 114 Å². The van der Waals surface area contributed by atoms with Crippen LogP contribution >= 0.6 is 11.3 Å². The third-order valence-corrected chi connectivity index (χ3v) is 4.44. The Morgan fingerprint density at radius 2 is 1.63 bits per heavy atom. The van der Waals surface area contributed by atoms with Crippen molar-refractivity contribution in [3.63, 3.8) is 0 Å². The van der Waals surface area contributed by atoms with Gasteiger partial charge in [0.25, 0.3) is 0 Å². The maximum Gasteiger partial charge on any atom is 0.314 e. The van der Waals surface area contributed by atoms with Crippen LogP contribution in [0.4, 0.5) is 0 Å². The average molecular weight is 272 g/mol. The molecule has 0 bridgehead atoms. The standard InChI is InChI=1S/C15H12O3S/c16-14-8-11(9-15(17)18-14)13-7-6-12(19-13)10-4-2-1-3-5-10/h1-7,11H,8-9H2. The molecule has 2 aromatic rings. The molecule has 1 saturated heterocycles. The molecule has 2 heterocycles. The van der Waals surface area contributed by atoms with Crippen molar-refractivity contribution in [2.24, 2.45) is 0 Å². The Kier molecular flexibility index (Phi) is 3.17. The van der Waals surface area contributed by atoms with Gasteiger partial charge in [-0.25, -0.2) is 0 Å². The molecule has 1 fully saturated rings. The summed E-state index contributed by atoms with van der Waals surface area (Å²) in [7, 11) is 0. The highest BCUT2D eigenvalue weighted by atomic mass is 32.1. The molecule has 0 aliphatic carbocycles. The van der Waals surface area contributed by atoms with E-state index in [1.807, 2.05) is 30.3 Å². The van der Waals surface area contributed by atoms with Gasteiger partial charge in [0.15, 0.2) is 0 Å². The van der Waals surface area contributed by atoms with Gasteiger partial charge in [-0.15, -0.1) is 11.3 Å². The molecule has 96 valence electrons. The molecule has 0 atom stereocenters. The summed E-state index contributed by atoms with van der Waals surface area (Å²) >= 11 is 1.64. The van der Waals surface area contributed by atoms with Gasteiger partial charge in [-0.05, 0) is 17.7 Å². The number of hydrogen-bond acceptors (Lipinski definition) is 4. The largest absolute Gasteiger partial charge is 0.393 e. The molecule has 0 spiro atoms. The fourth-order valence-corrected chi connectivity index (χ4v) is 3.33. The lowest BCUT2D eigenvalue weighted by atomic mass is 9.98. The van der Waals surface area contributed by atoms with E-state index in [1.165, 1.54) is 0 Å². The molecule has 0 unspecified atom stereocenters. The van der Waals surface area contributed by atoms with Crippen LogP contribution in [0, 0.1) is 0 Å². The van der Waals surface area contributed by atoms with Crippen LogP contribution in [0.2, 0.25) is 0 Å². The number of esters is 2. The van der Waals surface area contributed by atoms with E-state index in [9.17, 15) is 9.59 Å². The van der Waals surface area contributed by atoms with Crippen LogP contribution < -0.4 is 0 Å². The number of hydrogen-bond donors (Lipinski definition) is 0. The lowest BCUT2D eigenvalue weighted by Crippen LogP contribution is -2.23. The number of carbonyl (C=O) groups excluding carboxylic acids is 2. The summed E-state index contributed by atoms with van der Waals surface area (Å²) in [6.45, 7) is 0. The molecular formula is C15H12O3S. The van der Waals surface area contributed by atoms with Crippen LogP contribution in [0.15, 0.2) is 42.5 Å². The van der Waals surface area contributed by atoms with Crippen LogP contribution in [0.1, 0.15) is 23.6 Å². The van der Waals surface area contributed by atoms with Gasteiger partial charge in [-0.3, -0.25) is 9.59 Å². The van der Waals surface area contributed by atoms with Gasteiger partial charge in [0.2, 0.25) is 0 Å². The van der Waals surface area contributed by atoms with Crippen molar-refractivity contribution in [3.8, 4) is 10.4 Å². The predicted molar refractivity (Wildman–Crippen MR) is 72.8 cm³/mol. The van der Waals surface area contributed by atoms with Crippen molar-refractivity contribution in [2.75, 3.05) is 0 Å². The minimum atomic E-state index is -0.420. The Morgan fingerprint density at radius 3 is 2.32 bits per heavy atom. The fraction of sp³-hybridized carbons (Fsp3) is 0.200. The first kappa shape index (κ1) is 12.1. The van der Waals surface area contributed by atoms with Crippen molar-refractivity contribution in [2.45, 2.75) is 18.8 Å². The zero-order chi connectivity index (χ0) is 13.2. The lowest BCUT2D eigenvalue weighted by molar-refractivity contribution is -0.163. The maximum absolute atomic E-state index is 11.3. The summed E-state index contributed by atoms with van der Waals surface area (Å²) < 4.78 is 4.56. The number of benzene rings is 1. The topological polar surface area (TPSA) is 43.4 Å². The monoisotopic (exact) mass is 272 g/mol. The van der Waals surface area contributed by atoms with E-state index in [2.05, 4.69) is 16.9 Å². The van der Waals surface area contributed by atoms with Crippen molar-refractivity contribution in [1.82, 2.24) is 0 Å². The van der Waals surface area contributed by atoms with E-state index >= 15 is 0 Å². The van der Waals surface area contributed by atoms with E-state index in [4.69, 9.17) is 0 Å². The third-order valence-electron chi connectivity index (χ3n) is 3.14. The van der Waals surface area contributed by atoms with E-state index in [0.29, 0.717) is 12.8 Å². The second-order valence-electron chi connectivity index (χ2n) is 4.52. The lowest BCUT2D eigenvalue weighted by Gasteiger charge is -2.18. The Bertz CT molecular complexity index is 599. The van der Waals surface area contributed by atoms with Crippen molar-refractivity contribution in [3.05, 3.63) is 47.3 Å². The molecule has 0 saturated carbocycles. The Balaban J connectivity index is 1.85. The number of rotatable bonds is 2. The van der Waals surface area contributed by atoms with Crippen LogP contribution in [-0.4, -0.2) is 11.9 Å². The zero-order valence-electron chi connectivity index (χ0n) is 10.2. The average Bonchev–Trinajstić information content (AvgIpc) is 2.88. The summed E-state index contributed by atoms with van der Waals surface area (Å²) in [6, 6.07) is 14.1. The second kappa shape index (κ2) is 4.97. The third kappa shape index (κ3) is 2.58. The molecule has 0 N–H and O–H groups in total. The molecule has 1 aliphatic heterocycles. The predicted octanol–water partition coefficient (Wildman–Crippen LogP) is 3.36. The Hall–Kier alpha value is -1.94. The smallest absolute Gasteiger partial charge is 0.314 e. The van der Waals surface area contributed by atoms with Crippen LogP contribution in [-0.2, 0) is 14.3 Å². The summed E-state index contributed by atoms with van der Waals surface area (Å²) in [5.41, 5.74) is 1.16. The van der Waals surface area contributed by atoms with E-state index in [0.717, 1.165) is 15.3 Å². The highest BCUT2D eigenvalue weighted by Crippen LogP contribution is 2.36. The van der Waals surface area contributed by atoms with Gasteiger partial charge in [0.05, 0.1) is 12.8 Å². The van der Waals surface area contributed by atoms with Gasteiger partial charge in [0, 0.05) is 15.7 Å². The minimum Gasteiger partial charge on any atom is -0.393 e. The van der Waals surface area contributed by atoms with E-state index in [-0.39, 0.29) is 5.92 Å². The molecule has 0 radical (unpaired) electrons. The molecule has 3 nitrogen and oxygen atoms in total. The maximum atomic E-state index is 11.3. The van der Waals surface area contributed by atoms with Crippen LogP contribution in [0.5, 0.6) is 0 Å². The van der Waals surface area contributed by atoms with E-state index < -0.39 is 11.9 Å². The summed E-state index contributed by atoms with van der Waals surface area (Å²) in [6.07, 6.45) is 0.584. The molecule has 1 aliphatic rings. The Morgan fingerprint density at radius 1 is 0.947 bits per heavy atom. The normalized spacial score (nSPS) is 16.4. The minimum absolute atomic E-state index is 0.0313. The van der Waals surface area contributed by atoms with Gasteiger partial charge in [0.1, 0.15) is 0 Å². The van der Waals surface area contributed by atoms with Gasteiger partial charge < -0.3 is 4.74 Å². The van der Waals surface area contributed by atoms with Gasteiger partial charge >= 0.3 is 11.9 Å². The zero-order valence-corrected chi connectivity index (χ0v) is 11.0. The second-order valence-corrected chi connectivity index (χ2v) is 5.63. The molecule has 3 rings (SSSR count). The van der Waals surface area contributed by atoms with Crippen LogP contribution in [0.3, 0.4) is 0 Å². The number of cyclic esters (lactones) is 2. The molecule has 1 aromatic carbocycles. The first-order chi connectivity index (χ1) is 9.22. The van der Waals surface area contributed by atoms with Crippen molar-refractivity contribution in [1.29, 1.82) is 0 Å². The van der Waals surface area contributed by atoms with Crippen molar-refractivity contribution >= 4 is 23.3 Å². The first-order valence-corrected chi connectivity index (χ1v) is 6.92.